The molecule has 0 aromatic carbocycles. The van der Waals surface area contributed by atoms with E-state index in [-0.39, 0.29) is 0 Å². The van der Waals surface area contributed by atoms with Gasteiger partial charge in [0.25, 0.3) is 0 Å². The van der Waals surface area contributed by atoms with Crippen LogP contribution in [0.15, 0.2) is 0 Å². The largest absolute Gasteiger partial charge is 0.398 e. The molecule has 0 saturated carbocycles. The molecule has 0 aromatic heterocycles. The molecule has 362 valence electrons. The second-order valence-electron chi connectivity index (χ2n) is 19.8. The summed E-state index contributed by atoms with van der Waals surface area (Å²) >= 11 is 0. The van der Waals surface area contributed by atoms with Crippen LogP contribution in [-0.4, -0.2) is 43.5 Å². The molecule has 0 aromatic rings. The fourth-order valence-electron chi connectivity index (χ4n) is 9.27. The molecular weight excluding hydrogens is 769 g/mol. The molecule has 4 nitrogen and oxygen atoms in total. The lowest BCUT2D eigenvalue weighted by Gasteiger charge is -2.31. The van der Waals surface area contributed by atoms with Crippen LogP contribution in [0.5, 0.6) is 0 Å². The molecule has 0 radical (unpaired) electrons. The van der Waals surface area contributed by atoms with Gasteiger partial charge < -0.3 is 17.7 Å². The van der Waals surface area contributed by atoms with Crippen molar-refractivity contribution in [2.24, 2.45) is 0 Å². The molecule has 0 bridgehead atoms. The highest BCUT2D eigenvalue weighted by atomic mass is 28.4. The zero-order valence-corrected chi connectivity index (χ0v) is 44.9. The third kappa shape index (κ3) is 39.8. The Hall–Kier alpha value is 0.274. The molecule has 0 heterocycles. The predicted molar refractivity (Wildman–Crippen MR) is 273 cm³/mol. The van der Waals surface area contributed by atoms with E-state index in [1.165, 1.54) is 270 Å². The van der Waals surface area contributed by atoms with E-state index >= 15 is 0 Å². The Morgan fingerprint density at radius 2 is 0.450 bits per heavy atom. The van der Waals surface area contributed by atoms with Crippen molar-refractivity contribution in [2.45, 2.75) is 335 Å². The van der Waals surface area contributed by atoms with E-state index in [2.05, 4.69) is 40.8 Å². The zero-order valence-electron chi connectivity index (χ0n) is 42.9. The van der Waals surface area contributed by atoms with Crippen molar-refractivity contribution in [3.8, 4) is 0 Å². The van der Waals surface area contributed by atoms with Gasteiger partial charge in [0.2, 0.25) is 0 Å². The molecule has 0 aliphatic heterocycles. The van der Waals surface area contributed by atoms with Crippen LogP contribution in [0.4, 0.5) is 0 Å². The van der Waals surface area contributed by atoms with E-state index in [1.807, 2.05) is 14.2 Å². The summed E-state index contributed by atoms with van der Waals surface area (Å²) in [4.78, 5) is 0. The Kier molecular flexibility index (Phi) is 46.0. The van der Waals surface area contributed by atoms with Gasteiger partial charge >= 0.3 is 17.1 Å². The third-order valence-corrected chi connectivity index (χ3v) is 19.6. The molecule has 4 atom stereocenters. The highest BCUT2D eigenvalue weighted by Crippen LogP contribution is 2.27. The molecule has 0 amide bonds. The molecule has 0 spiro atoms. The quantitative estimate of drug-likeness (QED) is 0.0451. The van der Waals surface area contributed by atoms with Crippen molar-refractivity contribution in [1.29, 1.82) is 0 Å². The first kappa shape index (κ1) is 60.3. The van der Waals surface area contributed by atoms with Crippen molar-refractivity contribution in [2.75, 3.05) is 14.2 Å². The predicted octanol–water partition coefficient (Wildman–Crippen LogP) is 19.7. The first-order chi connectivity index (χ1) is 29.3. The molecular formula is C54H114O4Si2. The molecule has 60 heavy (non-hydrogen) atoms. The Morgan fingerprint density at radius 3 is 0.650 bits per heavy atom. The lowest BCUT2D eigenvalue weighted by molar-refractivity contribution is 0.111. The van der Waals surface area contributed by atoms with Gasteiger partial charge in [0.15, 0.2) is 0 Å². The standard InChI is InChI=1S/C54H114O4Si2/c1-9-13-17-21-25-29-35-41-47-53(57-59(7,55-5)51-45-39-33-27-23-19-15-11-3)49-43-37-31-32-38-44-50-54(48-42-36-30-26-22-18-14-10-2)58-60(8,56-6)52-46-40-34-28-24-20-16-12-4/h53-54H,9-52H2,1-8H3. The van der Waals surface area contributed by atoms with Gasteiger partial charge in [0, 0.05) is 26.4 Å². The molecule has 0 aliphatic carbocycles. The van der Waals surface area contributed by atoms with Crippen LogP contribution in [-0.2, 0) is 17.7 Å². The molecule has 0 rings (SSSR count). The molecule has 4 unspecified atom stereocenters. The van der Waals surface area contributed by atoms with Gasteiger partial charge in [-0.1, -0.05) is 272 Å². The topological polar surface area (TPSA) is 36.9 Å². The summed E-state index contributed by atoms with van der Waals surface area (Å²) in [7, 11) is -0.395. The first-order valence-electron chi connectivity index (χ1n) is 27.8. The number of hydrogen-bond donors (Lipinski definition) is 0. The van der Waals surface area contributed by atoms with E-state index < -0.39 is 17.1 Å². The van der Waals surface area contributed by atoms with Gasteiger partial charge in [-0.3, -0.25) is 0 Å². The zero-order chi connectivity index (χ0) is 44.1. The average Bonchev–Trinajstić information content (AvgIpc) is 3.25. The van der Waals surface area contributed by atoms with Gasteiger partial charge in [-0.15, -0.1) is 0 Å². The monoisotopic (exact) mass is 883 g/mol. The number of hydrogen-bond acceptors (Lipinski definition) is 4. The summed E-state index contributed by atoms with van der Waals surface area (Å²) in [5.74, 6) is 0. The van der Waals surface area contributed by atoms with Gasteiger partial charge in [-0.25, -0.2) is 0 Å². The maximum absolute atomic E-state index is 7.05. The molecule has 0 aliphatic rings. The third-order valence-electron chi connectivity index (χ3n) is 13.7. The van der Waals surface area contributed by atoms with Crippen LogP contribution in [0.3, 0.4) is 0 Å². The smallest absolute Gasteiger partial charge is 0.334 e. The highest BCUT2D eigenvalue weighted by Gasteiger charge is 2.34. The number of unbranched alkanes of at least 4 members (excludes halogenated alkanes) is 33. The van der Waals surface area contributed by atoms with Crippen molar-refractivity contribution < 1.29 is 17.7 Å². The summed E-state index contributed by atoms with van der Waals surface area (Å²) in [6.07, 6.45) is 57.6. The van der Waals surface area contributed by atoms with E-state index in [0.29, 0.717) is 12.2 Å². The van der Waals surface area contributed by atoms with Gasteiger partial charge in [-0.05, 0) is 50.9 Å². The van der Waals surface area contributed by atoms with Crippen LogP contribution < -0.4 is 0 Å². The van der Waals surface area contributed by atoms with Gasteiger partial charge in [0.1, 0.15) is 0 Å². The maximum Gasteiger partial charge on any atom is 0.334 e. The maximum atomic E-state index is 7.05. The molecule has 6 heteroatoms. The van der Waals surface area contributed by atoms with Gasteiger partial charge in [-0.2, -0.15) is 0 Å². The second kappa shape index (κ2) is 45.8. The molecule has 0 N–H and O–H groups in total. The van der Waals surface area contributed by atoms with Crippen LogP contribution in [0.1, 0.15) is 297 Å². The SMILES string of the molecule is CCCCCCCCCCC(CCCCCCCCC(CCCCCCCCCC)O[Si](C)(CCCCCCCCCC)OC)O[Si](C)(CCCCCCCCCC)OC. The molecule has 0 fully saturated rings. The fraction of sp³-hybridized carbons (Fsp3) is 1.00. The number of rotatable bonds is 51. The lowest BCUT2D eigenvalue weighted by atomic mass is 10.0. The minimum absolute atomic E-state index is 0.384. The molecule has 0 saturated heterocycles. The summed E-state index contributed by atoms with van der Waals surface area (Å²) in [5.41, 5.74) is 0. The van der Waals surface area contributed by atoms with E-state index in [4.69, 9.17) is 17.7 Å². The fourth-order valence-corrected chi connectivity index (χ4v) is 13.8. The van der Waals surface area contributed by atoms with E-state index in [1.54, 1.807) is 0 Å². The Labute approximate surface area is 382 Å². The van der Waals surface area contributed by atoms with Crippen molar-refractivity contribution in [3.05, 3.63) is 0 Å². The summed E-state index contributed by atoms with van der Waals surface area (Å²) in [6.45, 7) is 14.0. The van der Waals surface area contributed by atoms with Crippen LogP contribution in [0, 0.1) is 0 Å². The minimum Gasteiger partial charge on any atom is -0.398 e. The van der Waals surface area contributed by atoms with E-state index in [0.717, 1.165) is 12.1 Å². The normalized spacial score (nSPS) is 15.0. The minimum atomic E-state index is -2.13. The van der Waals surface area contributed by atoms with Crippen molar-refractivity contribution in [3.63, 3.8) is 0 Å². The van der Waals surface area contributed by atoms with Crippen LogP contribution >= 0.6 is 0 Å². The highest BCUT2D eigenvalue weighted by molar-refractivity contribution is 6.66. The lowest BCUT2D eigenvalue weighted by Crippen LogP contribution is -2.41. The van der Waals surface area contributed by atoms with Gasteiger partial charge in [0.05, 0.1) is 0 Å². The average molecular weight is 884 g/mol. The summed E-state index contributed by atoms with van der Waals surface area (Å²) < 4.78 is 26.6. The summed E-state index contributed by atoms with van der Waals surface area (Å²) in [6, 6.07) is 2.31. The Balaban J connectivity index is 4.90. The van der Waals surface area contributed by atoms with Crippen LogP contribution in [0.25, 0.3) is 0 Å². The second-order valence-corrected chi connectivity index (χ2v) is 26.7. The first-order valence-corrected chi connectivity index (χ1v) is 32.8. The Bertz CT molecular complexity index is 766. The van der Waals surface area contributed by atoms with Crippen molar-refractivity contribution in [1.82, 2.24) is 0 Å². The summed E-state index contributed by atoms with van der Waals surface area (Å²) in [5, 5.41) is 0. The van der Waals surface area contributed by atoms with Crippen molar-refractivity contribution >= 4 is 17.1 Å². The van der Waals surface area contributed by atoms with Crippen LogP contribution in [0.2, 0.25) is 25.2 Å². The Morgan fingerprint density at radius 1 is 0.267 bits per heavy atom. The van der Waals surface area contributed by atoms with E-state index in [9.17, 15) is 0 Å².